The van der Waals surface area contributed by atoms with Gasteiger partial charge in [-0.2, -0.15) is 0 Å². The third-order valence-corrected chi connectivity index (χ3v) is 5.79. The highest BCUT2D eigenvalue weighted by Gasteiger charge is 2.22. The molecule has 0 bridgehead atoms. The highest BCUT2D eigenvalue weighted by atomic mass is 16.5. The van der Waals surface area contributed by atoms with Crippen LogP contribution < -0.4 is 20.3 Å². The predicted molar refractivity (Wildman–Crippen MR) is 120 cm³/mol. The van der Waals surface area contributed by atoms with Crippen LogP contribution in [0.2, 0.25) is 0 Å². The number of nitrogens with one attached hydrogen (secondary N) is 2. The Hall–Kier alpha value is -3.06. The fourth-order valence-electron chi connectivity index (χ4n) is 4.10. The topological polar surface area (TPSA) is 79.9 Å². The molecule has 7 heteroatoms. The van der Waals surface area contributed by atoms with Gasteiger partial charge in [0.05, 0.1) is 18.8 Å². The normalized spacial score (nSPS) is 18.1. The molecule has 0 radical (unpaired) electrons. The number of amides is 2. The standard InChI is InChI=1S/C24H29N3O4/c1-30-19-7-4-6-17(14-19)23(28)26-18-9-10-22(27-11-2-3-12-27)21(15-18)24(29)25-16-20-8-5-13-31-20/h4,6-7,9-10,14-15,20H,2-3,5,8,11-13,16H2,1H3,(H,25,29)(H,26,28)/t20-/m0/s1. The number of ether oxygens (including phenoxy) is 2. The maximum Gasteiger partial charge on any atom is 0.255 e. The van der Waals surface area contributed by atoms with Crippen molar-refractivity contribution in [3.63, 3.8) is 0 Å². The molecule has 2 saturated heterocycles. The van der Waals surface area contributed by atoms with Crippen molar-refractivity contribution in [2.75, 3.05) is 43.6 Å². The zero-order chi connectivity index (χ0) is 21.6. The van der Waals surface area contributed by atoms with E-state index < -0.39 is 0 Å². The Morgan fingerprint density at radius 3 is 2.68 bits per heavy atom. The number of anilines is 2. The zero-order valence-corrected chi connectivity index (χ0v) is 17.9. The monoisotopic (exact) mass is 423 g/mol. The van der Waals surface area contributed by atoms with Crippen molar-refractivity contribution < 1.29 is 19.1 Å². The van der Waals surface area contributed by atoms with Crippen LogP contribution in [0, 0.1) is 0 Å². The molecule has 31 heavy (non-hydrogen) atoms. The van der Waals surface area contributed by atoms with Crippen molar-refractivity contribution in [2.24, 2.45) is 0 Å². The summed E-state index contributed by atoms with van der Waals surface area (Å²) in [6.07, 6.45) is 4.31. The van der Waals surface area contributed by atoms with Gasteiger partial charge >= 0.3 is 0 Å². The minimum atomic E-state index is -0.251. The quantitative estimate of drug-likeness (QED) is 0.713. The third kappa shape index (κ3) is 5.17. The molecule has 0 spiro atoms. The zero-order valence-electron chi connectivity index (χ0n) is 17.9. The summed E-state index contributed by atoms with van der Waals surface area (Å²) in [4.78, 5) is 28.0. The van der Waals surface area contributed by atoms with Crippen LogP contribution in [0.3, 0.4) is 0 Å². The third-order valence-electron chi connectivity index (χ3n) is 5.79. The highest BCUT2D eigenvalue weighted by Crippen LogP contribution is 2.28. The molecule has 7 nitrogen and oxygen atoms in total. The van der Waals surface area contributed by atoms with Crippen LogP contribution in [0.1, 0.15) is 46.4 Å². The van der Waals surface area contributed by atoms with Crippen molar-refractivity contribution >= 4 is 23.2 Å². The van der Waals surface area contributed by atoms with E-state index in [0.717, 1.165) is 51.1 Å². The Kier molecular flexibility index (Phi) is 6.72. The number of nitrogens with zero attached hydrogens (tertiary/aromatic N) is 1. The van der Waals surface area contributed by atoms with Crippen molar-refractivity contribution in [1.82, 2.24) is 5.32 Å². The Balaban J connectivity index is 1.53. The summed E-state index contributed by atoms with van der Waals surface area (Å²) >= 11 is 0. The van der Waals surface area contributed by atoms with Gasteiger partial charge < -0.3 is 25.0 Å². The lowest BCUT2D eigenvalue weighted by Crippen LogP contribution is -2.33. The highest BCUT2D eigenvalue weighted by molar-refractivity contribution is 6.06. The number of carbonyl (C=O) groups excluding carboxylic acids is 2. The van der Waals surface area contributed by atoms with Gasteiger partial charge in [-0.25, -0.2) is 0 Å². The van der Waals surface area contributed by atoms with Crippen LogP contribution >= 0.6 is 0 Å². The van der Waals surface area contributed by atoms with E-state index in [9.17, 15) is 9.59 Å². The fraction of sp³-hybridized carbons (Fsp3) is 0.417. The molecule has 164 valence electrons. The largest absolute Gasteiger partial charge is 0.497 e. The van der Waals surface area contributed by atoms with E-state index in [1.165, 1.54) is 0 Å². The predicted octanol–water partition coefficient (Wildman–Crippen LogP) is 3.46. The van der Waals surface area contributed by atoms with Gasteiger partial charge in [-0.05, 0) is 62.1 Å². The first-order chi connectivity index (χ1) is 15.1. The molecule has 2 aromatic carbocycles. The van der Waals surface area contributed by atoms with Crippen LogP contribution in [0.25, 0.3) is 0 Å². The number of benzene rings is 2. The van der Waals surface area contributed by atoms with Gasteiger partial charge in [-0.15, -0.1) is 0 Å². The van der Waals surface area contributed by atoms with E-state index in [1.54, 1.807) is 37.4 Å². The molecule has 4 rings (SSSR count). The van der Waals surface area contributed by atoms with Gasteiger partial charge in [0, 0.05) is 43.2 Å². The van der Waals surface area contributed by atoms with Crippen LogP contribution in [-0.2, 0) is 4.74 Å². The molecule has 0 saturated carbocycles. The Morgan fingerprint density at radius 1 is 1.10 bits per heavy atom. The minimum absolute atomic E-state index is 0.0788. The average Bonchev–Trinajstić information content (AvgIpc) is 3.52. The first-order valence-corrected chi connectivity index (χ1v) is 10.9. The lowest BCUT2D eigenvalue weighted by Gasteiger charge is -2.22. The van der Waals surface area contributed by atoms with Crippen molar-refractivity contribution in [3.05, 3.63) is 53.6 Å². The molecule has 0 aliphatic carbocycles. The van der Waals surface area contributed by atoms with Gasteiger partial charge in [-0.1, -0.05) is 6.07 Å². The summed E-state index contributed by atoms with van der Waals surface area (Å²) in [6.45, 7) is 3.12. The Labute approximate surface area is 182 Å². The van der Waals surface area contributed by atoms with Crippen LogP contribution in [0.5, 0.6) is 5.75 Å². The number of hydrogen-bond acceptors (Lipinski definition) is 5. The first-order valence-electron chi connectivity index (χ1n) is 10.9. The summed E-state index contributed by atoms with van der Waals surface area (Å²) < 4.78 is 10.8. The molecule has 0 unspecified atom stereocenters. The summed E-state index contributed by atoms with van der Waals surface area (Å²) in [5, 5.41) is 5.91. The van der Waals surface area contributed by atoms with Gasteiger partial charge in [0.2, 0.25) is 0 Å². The van der Waals surface area contributed by atoms with E-state index in [2.05, 4.69) is 15.5 Å². The summed E-state index contributed by atoms with van der Waals surface area (Å²) in [5.74, 6) is 0.222. The van der Waals surface area contributed by atoms with Gasteiger partial charge in [0.1, 0.15) is 5.75 Å². The molecule has 0 aromatic heterocycles. The van der Waals surface area contributed by atoms with Crippen molar-refractivity contribution in [1.29, 1.82) is 0 Å². The maximum absolute atomic E-state index is 13.0. The number of carbonyl (C=O) groups is 2. The van der Waals surface area contributed by atoms with Crippen LogP contribution in [0.15, 0.2) is 42.5 Å². The molecule has 2 fully saturated rings. The lowest BCUT2D eigenvalue weighted by atomic mass is 10.1. The van der Waals surface area contributed by atoms with Gasteiger partial charge in [0.25, 0.3) is 11.8 Å². The number of rotatable bonds is 7. The second kappa shape index (κ2) is 9.83. The SMILES string of the molecule is COc1cccc(C(=O)Nc2ccc(N3CCCC3)c(C(=O)NC[C@@H]3CCCO3)c2)c1. The molecule has 2 N–H and O–H groups in total. The maximum atomic E-state index is 13.0. The molecule has 2 heterocycles. The van der Waals surface area contributed by atoms with E-state index in [-0.39, 0.29) is 17.9 Å². The fourth-order valence-corrected chi connectivity index (χ4v) is 4.10. The first kappa shape index (κ1) is 21.2. The second-order valence-electron chi connectivity index (χ2n) is 7.96. The van der Waals surface area contributed by atoms with Crippen LogP contribution in [-0.4, -0.2) is 51.3 Å². The summed E-state index contributed by atoms with van der Waals surface area (Å²) in [5.41, 5.74) is 2.55. The molecule has 2 aliphatic rings. The minimum Gasteiger partial charge on any atom is -0.497 e. The van der Waals surface area contributed by atoms with E-state index in [4.69, 9.17) is 9.47 Å². The van der Waals surface area contributed by atoms with Crippen molar-refractivity contribution in [2.45, 2.75) is 31.8 Å². The summed E-state index contributed by atoms with van der Waals surface area (Å²) in [6, 6.07) is 12.5. The lowest BCUT2D eigenvalue weighted by molar-refractivity contribution is 0.0858. The van der Waals surface area contributed by atoms with Crippen molar-refractivity contribution in [3.8, 4) is 5.75 Å². The Bertz CT molecular complexity index is 934. The second-order valence-corrected chi connectivity index (χ2v) is 7.96. The molecular formula is C24H29N3O4. The van der Waals surface area contributed by atoms with Crippen LogP contribution in [0.4, 0.5) is 11.4 Å². The Morgan fingerprint density at radius 2 is 1.94 bits per heavy atom. The molecule has 1 atom stereocenters. The molecule has 2 aliphatic heterocycles. The molecule has 2 aromatic rings. The average molecular weight is 424 g/mol. The smallest absolute Gasteiger partial charge is 0.255 e. The van der Waals surface area contributed by atoms with E-state index >= 15 is 0 Å². The van der Waals surface area contributed by atoms with Gasteiger partial charge in [-0.3, -0.25) is 9.59 Å². The number of methoxy groups -OCH3 is 1. The molecule has 2 amide bonds. The van der Waals surface area contributed by atoms with E-state index in [0.29, 0.717) is 29.1 Å². The van der Waals surface area contributed by atoms with E-state index in [1.807, 2.05) is 12.1 Å². The summed E-state index contributed by atoms with van der Waals surface area (Å²) in [7, 11) is 1.57. The number of hydrogen-bond donors (Lipinski definition) is 2. The van der Waals surface area contributed by atoms with Gasteiger partial charge in [0.15, 0.2) is 0 Å². The molecular weight excluding hydrogens is 394 g/mol.